The third-order valence-corrected chi connectivity index (χ3v) is 4.84. The van der Waals surface area contributed by atoms with Crippen LogP contribution in [0.5, 0.6) is 0 Å². The summed E-state index contributed by atoms with van der Waals surface area (Å²) in [6.07, 6.45) is 9.98. The van der Waals surface area contributed by atoms with Crippen LogP contribution in [0.2, 0.25) is 0 Å². The van der Waals surface area contributed by atoms with Gasteiger partial charge in [-0.1, -0.05) is 31.2 Å². The molecule has 0 bridgehead atoms. The normalized spacial score (nSPS) is 19.0. The monoisotopic (exact) mass is 348 g/mol. The highest BCUT2D eigenvalue weighted by Gasteiger charge is 2.17. The zero-order valence-corrected chi connectivity index (χ0v) is 15.6. The Labute approximate surface area is 151 Å². The first kappa shape index (κ1) is 19.0. The van der Waals surface area contributed by atoms with Gasteiger partial charge >= 0.3 is 0 Å². The fraction of sp³-hybridized carbons (Fsp3) is 0.500. The van der Waals surface area contributed by atoms with Gasteiger partial charge in [0.1, 0.15) is 11.5 Å². The third-order valence-electron chi connectivity index (χ3n) is 4.52. The highest BCUT2D eigenvalue weighted by Crippen LogP contribution is 2.18. The lowest BCUT2D eigenvalue weighted by molar-refractivity contribution is 0.204. The Morgan fingerprint density at radius 1 is 1.46 bits per heavy atom. The summed E-state index contributed by atoms with van der Waals surface area (Å²) in [6, 6.07) is 4.68. The molecule has 0 aromatic carbocycles. The zero-order valence-electron chi connectivity index (χ0n) is 14.8. The van der Waals surface area contributed by atoms with Crippen LogP contribution in [0, 0.1) is 0 Å². The number of rotatable bonds is 8. The second-order valence-corrected chi connectivity index (χ2v) is 6.77. The molecule has 1 aliphatic rings. The molecule has 1 aromatic heterocycles. The molecule has 0 spiro atoms. The highest BCUT2D eigenvalue weighted by molar-refractivity contribution is 6.22. The molecule has 0 amide bonds. The molecule has 1 saturated heterocycles. The van der Waals surface area contributed by atoms with Gasteiger partial charge in [0.15, 0.2) is 0 Å². The van der Waals surface area contributed by atoms with E-state index in [1.165, 1.54) is 25.9 Å². The van der Waals surface area contributed by atoms with Crippen molar-refractivity contribution in [3.8, 4) is 0 Å². The van der Waals surface area contributed by atoms with Crippen LogP contribution in [0.25, 0.3) is 5.57 Å². The number of nitrogens with one attached hydrogen (secondary N) is 1. The number of furan rings is 1. The molecular weight excluding hydrogens is 320 g/mol. The first-order valence-electron chi connectivity index (χ1n) is 8.79. The van der Waals surface area contributed by atoms with Gasteiger partial charge in [0, 0.05) is 6.04 Å². The Morgan fingerprint density at radius 3 is 2.88 bits per heavy atom. The Hall–Kier alpha value is -1.29. The molecule has 0 aliphatic carbocycles. The van der Waals surface area contributed by atoms with Gasteiger partial charge in [0.05, 0.1) is 11.9 Å². The van der Waals surface area contributed by atoms with Crippen molar-refractivity contribution >= 4 is 17.2 Å². The molecule has 1 N–H and O–H groups in total. The molecule has 2 heterocycles. The summed E-state index contributed by atoms with van der Waals surface area (Å²) >= 11 is 5.96. The number of nitrogens with zero attached hydrogens (tertiary/aromatic N) is 1. The zero-order chi connectivity index (χ0) is 17.4. The molecule has 0 saturated carbocycles. The van der Waals surface area contributed by atoms with Gasteiger partial charge in [0.25, 0.3) is 0 Å². The van der Waals surface area contributed by atoms with Crippen molar-refractivity contribution in [2.45, 2.75) is 44.7 Å². The topological polar surface area (TPSA) is 28.4 Å². The Morgan fingerprint density at radius 2 is 2.21 bits per heavy atom. The van der Waals surface area contributed by atoms with Crippen molar-refractivity contribution in [1.29, 1.82) is 0 Å². The van der Waals surface area contributed by atoms with Crippen LogP contribution in [-0.2, 0) is 6.54 Å². The van der Waals surface area contributed by atoms with E-state index in [2.05, 4.69) is 29.8 Å². The van der Waals surface area contributed by atoms with Gasteiger partial charge in [0.2, 0.25) is 0 Å². The Bertz CT molecular complexity index is 568. The minimum absolute atomic E-state index is 0.135. The van der Waals surface area contributed by atoms with E-state index in [4.69, 9.17) is 16.0 Å². The van der Waals surface area contributed by atoms with Crippen molar-refractivity contribution in [3.63, 3.8) is 0 Å². The fourth-order valence-corrected chi connectivity index (χ4v) is 2.93. The fourth-order valence-electron chi connectivity index (χ4n) is 2.85. The summed E-state index contributed by atoms with van der Waals surface area (Å²) < 4.78 is 5.93. The molecule has 24 heavy (non-hydrogen) atoms. The van der Waals surface area contributed by atoms with Gasteiger partial charge in [-0.15, -0.1) is 18.2 Å². The molecule has 1 aliphatic heterocycles. The number of allylic oxidation sites excluding steroid dienone is 5. The maximum Gasteiger partial charge on any atom is 0.130 e. The summed E-state index contributed by atoms with van der Waals surface area (Å²) in [5.41, 5.74) is 1.08. The Kier molecular flexibility index (Phi) is 7.83. The van der Waals surface area contributed by atoms with Gasteiger partial charge in [-0.25, -0.2) is 0 Å². The number of likely N-dealkylation sites (tertiary alicyclic amines) is 1. The second-order valence-electron chi connectivity index (χ2n) is 6.27. The number of halogens is 1. The highest BCUT2D eigenvalue weighted by atomic mass is 35.5. The number of hydrogen-bond donors (Lipinski definition) is 1. The summed E-state index contributed by atoms with van der Waals surface area (Å²) in [6.45, 7) is 12.3. The van der Waals surface area contributed by atoms with Gasteiger partial charge in [-0.3, -0.25) is 0 Å². The predicted octanol–water partition coefficient (Wildman–Crippen LogP) is 4.61. The summed E-state index contributed by atoms with van der Waals surface area (Å²) in [7, 11) is 0. The first-order chi connectivity index (χ1) is 11.6. The maximum absolute atomic E-state index is 5.96. The molecule has 132 valence electrons. The smallest absolute Gasteiger partial charge is 0.130 e. The summed E-state index contributed by atoms with van der Waals surface area (Å²) in [5.74, 6) is 1.89. The lowest BCUT2D eigenvalue weighted by atomic mass is 10.1. The van der Waals surface area contributed by atoms with E-state index in [1.54, 1.807) is 6.08 Å². The number of piperidine rings is 1. The van der Waals surface area contributed by atoms with Crippen molar-refractivity contribution in [3.05, 3.63) is 54.5 Å². The average Bonchev–Trinajstić information content (AvgIpc) is 3.09. The van der Waals surface area contributed by atoms with Gasteiger partial charge in [-0.2, -0.15) is 0 Å². The molecule has 3 nitrogen and oxygen atoms in total. The minimum atomic E-state index is -0.135. The lowest BCUT2D eigenvalue weighted by Crippen LogP contribution is -2.42. The molecule has 1 atom stereocenters. The number of hydrogen-bond acceptors (Lipinski definition) is 3. The quantitative estimate of drug-likeness (QED) is 0.422. The Balaban J connectivity index is 1.81. The van der Waals surface area contributed by atoms with Crippen molar-refractivity contribution in [1.82, 2.24) is 10.2 Å². The van der Waals surface area contributed by atoms with Crippen LogP contribution in [-0.4, -0.2) is 36.0 Å². The standard InChI is InChI=1S/C20H29ClN2O/c1-4-17(21)8-6-7-16(3)20-10-9-19(24-20)15-22-18-11-13-23(5-2)14-12-18/h4,6-10,17-18,22H,1,5,11-15H2,2-3H3/b8-6?,16-7+. The van der Waals surface area contributed by atoms with Crippen LogP contribution >= 0.6 is 11.6 Å². The van der Waals surface area contributed by atoms with Crippen LogP contribution in [0.4, 0.5) is 0 Å². The van der Waals surface area contributed by atoms with Crippen LogP contribution in [0.1, 0.15) is 38.2 Å². The summed E-state index contributed by atoms with van der Waals surface area (Å²) in [4.78, 5) is 2.50. The molecule has 0 radical (unpaired) electrons. The van der Waals surface area contributed by atoms with E-state index in [0.717, 1.165) is 30.2 Å². The second kappa shape index (κ2) is 9.87. The SMILES string of the molecule is C=CC(Cl)C=C/C=C(\C)c1ccc(CNC2CCN(CC)CC2)o1. The average molecular weight is 349 g/mol. The van der Waals surface area contributed by atoms with Crippen LogP contribution in [0.3, 0.4) is 0 Å². The van der Waals surface area contributed by atoms with Crippen molar-refractivity contribution in [2.75, 3.05) is 19.6 Å². The maximum atomic E-state index is 5.96. The molecule has 1 fully saturated rings. The van der Waals surface area contributed by atoms with E-state index in [9.17, 15) is 0 Å². The van der Waals surface area contributed by atoms with Crippen LogP contribution < -0.4 is 5.32 Å². The minimum Gasteiger partial charge on any atom is -0.460 e. The number of alkyl halides is 1. The van der Waals surface area contributed by atoms with Crippen molar-refractivity contribution < 1.29 is 4.42 Å². The van der Waals surface area contributed by atoms with E-state index in [1.807, 2.05) is 31.2 Å². The first-order valence-corrected chi connectivity index (χ1v) is 9.22. The largest absolute Gasteiger partial charge is 0.460 e. The van der Waals surface area contributed by atoms with Crippen molar-refractivity contribution in [2.24, 2.45) is 0 Å². The lowest BCUT2D eigenvalue weighted by Gasteiger charge is -2.31. The van der Waals surface area contributed by atoms with E-state index < -0.39 is 0 Å². The third kappa shape index (κ3) is 5.97. The molecule has 4 heteroatoms. The molecule has 2 rings (SSSR count). The van der Waals surface area contributed by atoms with E-state index in [0.29, 0.717) is 6.04 Å². The predicted molar refractivity (Wildman–Crippen MR) is 103 cm³/mol. The van der Waals surface area contributed by atoms with Gasteiger partial charge < -0.3 is 14.6 Å². The molecule has 1 unspecified atom stereocenters. The van der Waals surface area contributed by atoms with E-state index in [-0.39, 0.29) is 5.38 Å². The van der Waals surface area contributed by atoms with Crippen LogP contribution in [0.15, 0.2) is 47.4 Å². The molecular formula is C20H29ClN2O. The summed E-state index contributed by atoms with van der Waals surface area (Å²) in [5, 5.41) is 3.48. The molecule has 1 aromatic rings. The van der Waals surface area contributed by atoms with Gasteiger partial charge in [-0.05, 0) is 57.1 Å². The van der Waals surface area contributed by atoms with E-state index >= 15 is 0 Å².